The predicted octanol–water partition coefficient (Wildman–Crippen LogP) is 2.51. The maximum absolute atomic E-state index is 11.6. The molecule has 1 aromatic rings. The first-order valence-electron chi connectivity index (χ1n) is 9.86. The highest BCUT2D eigenvalue weighted by molar-refractivity contribution is 14.0. The first kappa shape index (κ1) is 24.0. The van der Waals surface area contributed by atoms with Crippen LogP contribution < -0.4 is 20.1 Å². The summed E-state index contributed by atoms with van der Waals surface area (Å²) in [5, 5.41) is 6.58. The summed E-state index contributed by atoms with van der Waals surface area (Å²) in [7, 11) is -3.09. The Labute approximate surface area is 190 Å². The Hall–Kier alpha value is -1.27. The van der Waals surface area contributed by atoms with Gasteiger partial charge in [0.25, 0.3) is 0 Å². The second kappa shape index (κ2) is 11.2. The molecule has 0 unspecified atom stereocenters. The molecule has 2 aliphatic heterocycles. The Kier molecular flexibility index (Phi) is 9.28. The number of hydrogen-bond acceptors (Lipinski definition) is 5. The Morgan fingerprint density at radius 2 is 1.90 bits per heavy atom. The van der Waals surface area contributed by atoms with Crippen molar-refractivity contribution >= 4 is 45.6 Å². The predicted molar refractivity (Wildman–Crippen MR) is 126 cm³/mol. The van der Waals surface area contributed by atoms with Gasteiger partial charge >= 0.3 is 0 Å². The maximum atomic E-state index is 11.6. The van der Waals surface area contributed by atoms with Gasteiger partial charge in [-0.1, -0.05) is 0 Å². The zero-order valence-corrected chi connectivity index (χ0v) is 20.2. The van der Waals surface area contributed by atoms with E-state index in [-0.39, 0.29) is 24.0 Å². The topological polar surface area (TPSA) is 92.3 Å². The molecule has 2 N–H and O–H groups in total. The average molecular weight is 538 g/mol. The molecule has 1 aromatic carbocycles. The van der Waals surface area contributed by atoms with Gasteiger partial charge in [-0.3, -0.25) is 4.99 Å². The lowest BCUT2D eigenvalue weighted by Crippen LogP contribution is -2.38. The molecule has 0 saturated carbocycles. The molecule has 2 heterocycles. The fraction of sp³-hybridized carbons (Fsp3) is 0.632. The maximum Gasteiger partial charge on any atom is 0.211 e. The van der Waals surface area contributed by atoms with E-state index >= 15 is 0 Å². The van der Waals surface area contributed by atoms with E-state index in [2.05, 4.69) is 10.6 Å². The third-order valence-corrected chi connectivity index (χ3v) is 6.21. The lowest BCUT2D eigenvalue weighted by atomic mass is 9.98. The van der Waals surface area contributed by atoms with Crippen molar-refractivity contribution in [2.24, 2.45) is 10.9 Å². The highest BCUT2D eigenvalue weighted by atomic mass is 127. The third-order valence-electron chi connectivity index (χ3n) is 4.90. The van der Waals surface area contributed by atoms with Gasteiger partial charge in [0, 0.05) is 44.4 Å². The third kappa shape index (κ3) is 7.18. The van der Waals surface area contributed by atoms with E-state index < -0.39 is 10.0 Å². The van der Waals surface area contributed by atoms with E-state index in [0.717, 1.165) is 43.0 Å². The first-order valence-corrected chi connectivity index (χ1v) is 11.7. The minimum Gasteiger partial charge on any atom is -0.490 e. The normalized spacial score (nSPS) is 18.5. The van der Waals surface area contributed by atoms with Gasteiger partial charge < -0.3 is 20.1 Å². The molecule has 0 spiro atoms. The molecule has 2 aliphatic rings. The number of guanidine groups is 1. The SMILES string of the molecule is CCNC(=NCC1CCN(S(C)(=O)=O)CC1)Nc1ccc2c(c1)OCCCO2.I. The van der Waals surface area contributed by atoms with Crippen LogP contribution in [0.3, 0.4) is 0 Å². The van der Waals surface area contributed by atoms with Crippen LogP contribution in [0.25, 0.3) is 0 Å². The molecule has 0 aliphatic carbocycles. The molecule has 0 aromatic heterocycles. The van der Waals surface area contributed by atoms with Gasteiger partial charge in [-0.05, 0) is 37.8 Å². The van der Waals surface area contributed by atoms with Crippen LogP contribution in [0.2, 0.25) is 0 Å². The van der Waals surface area contributed by atoms with Crippen molar-refractivity contribution in [3.05, 3.63) is 18.2 Å². The molecule has 1 fully saturated rings. The molecule has 0 bridgehead atoms. The molecule has 8 nitrogen and oxygen atoms in total. The number of aliphatic imine (C=N–C) groups is 1. The molecule has 164 valence electrons. The van der Waals surface area contributed by atoms with Gasteiger partial charge in [-0.15, -0.1) is 24.0 Å². The van der Waals surface area contributed by atoms with Crippen LogP contribution in [0.15, 0.2) is 23.2 Å². The van der Waals surface area contributed by atoms with Crippen molar-refractivity contribution in [3.8, 4) is 11.5 Å². The number of ether oxygens (including phenoxy) is 2. The molecular formula is C19H31IN4O4S. The molecule has 3 rings (SSSR count). The number of nitrogens with one attached hydrogen (secondary N) is 2. The van der Waals surface area contributed by atoms with Crippen LogP contribution in [0.5, 0.6) is 11.5 Å². The van der Waals surface area contributed by atoms with Crippen molar-refractivity contribution in [1.29, 1.82) is 0 Å². The minimum absolute atomic E-state index is 0. The Balaban J connectivity index is 0.00000300. The van der Waals surface area contributed by atoms with Gasteiger partial charge in [0.15, 0.2) is 17.5 Å². The molecular weight excluding hydrogens is 507 g/mol. The Bertz CT molecular complexity index is 795. The van der Waals surface area contributed by atoms with E-state index in [4.69, 9.17) is 14.5 Å². The summed E-state index contributed by atoms with van der Waals surface area (Å²) >= 11 is 0. The fourth-order valence-corrected chi connectivity index (χ4v) is 4.20. The van der Waals surface area contributed by atoms with Gasteiger partial charge in [0.1, 0.15) is 0 Å². The van der Waals surface area contributed by atoms with Crippen LogP contribution >= 0.6 is 24.0 Å². The van der Waals surface area contributed by atoms with E-state index in [1.165, 1.54) is 6.26 Å². The van der Waals surface area contributed by atoms with Crippen LogP contribution in [-0.2, 0) is 10.0 Å². The minimum atomic E-state index is -3.09. The summed E-state index contributed by atoms with van der Waals surface area (Å²) in [5.74, 6) is 2.61. The van der Waals surface area contributed by atoms with Crippen molar-refractivity contribution in [3.63, 3.8) is 0 Å². The van der Waals surface area contributed by atoms with Gasteiger partial charge in [-0.25, -0.2) is 12.7 Å². The number of sulfonamides is 1. The number of rotatable bonds is 5. The number of halogens is 1. The van der Waals surface area contributed by atoms with Gasteiger partial charge in [0.2, 0.25) is 10.0 Å². The monoisotopic (exact) mass is 538 g/mol. The van der Waals surface area contributed by atoms with E-state index in [1.54, 1.807) is 4.31 Å². The van der Waals surface area contributed by atoms with Crippen LogP contribution in [-0.4, -0.2) is 64.3 Å². The standard InChI is InChI=1S/C19H30N4O4S.HI/c1-3-20-19(21-14-15-7-9-23(10-8-15)28(2,24)25)22-16-5-6-17-18(13-16)27-12-4-11-26-17;/h5-6,13,15H,3-4,7-12,14H2,1-2H3,(H2,20,21,22);1H. The first-order chi connectivity index (χ1) is 13.5. The van der Waals surface area contributed by atoms with Crippen LogP contribution in [0.4, 0.5) is 5.69 Å². The van der Waals surface area contributed by atoms with Crippen LogP contribution in [0.1, 0.15) is 26.2 Å². The van der Waals surface area contributed by atoms with Crippen molar-refractivity contribution in [1.82, 2.24) is 9.62 Å². The lowest BCUT2D eigenvalue weighted by Gasteiger charge is -2.29. The average Bonchev–Trinajstić information content (AvgIpc) is 2.91. The highest BCUT2D eigenvalue weighted by Crippen LogP contribution is 2.32. The highest BCUT2D eigenvalue weighted by Gasteiger charge is 2.24. The zero-order chi connectivity index (χ0) is 20.0. The molecule has 0 radical (unpaired) electrons. The quantitative estimate of drug-likeness (QED) is 0.340. The van der Waals surface area contributed by atoms with Gasteiger partial charge in [0.05, 0.1) is 19.5 Å². The van der Waals surface area contributed by atoms with Crippen molar-refractivity contribution in [2.45, 2.75) is 26.2 Å². The summed E-state index contributed by atoms with van der Waals surface area (Å²) in [5.41, 5.74) is 0.885. The van der Waals surface area contributed by atoms with Crippen LogP contribution in [0, 0.1) is 5.92 Å². The number of nitrogens with zero attached hydrogens (tertiary/aromatic N) is 2. The fourth-order valence-electron chi connectivity index (χ4n) is 3.33. The zero-order valence-electron chi connectivity index (χ0n) is 17.0. The molecule has 0 amide bonds. The Morgan fingerprint density at radius 1 is 1.21 bits per heavy atom. The number of fused-ring (bicyclic) bond motifs is 1. The smallest absolute Gasteiger partial charge is 0.211 e. The largest absolute Gasteiger partial charge is 0.490 e. The van der Waals surface area contributed by atoms with Gasteiger partial charge in [-0.2, -0.15) is 0 Å². The van der Waals surface area contributed by atoms with E-state index in [0.29, 0.717) is 44.7 Å². The number of anilines is 1. The number of hydrogen-bond donors (Lipinski definition) is 2. The van der Waals surface area contributed by atoms with Crippen molar-refractivity contribution < 1.29 is 17.9 Å². The summed E-state index contributed by atoms with van der Waals surface area (Å²) in [6, 6.07) is 5.79. The summed E-state index contributed by atoms with van der Waals surface area (Å²) in [6.07, 6.45) is 3.81. The second-order valence-electron chi connectivity index (χ2n) is 7.16. The molecule has 29 heavy (non-hydrogen) atoms. The van der Waals surface area contributed by atoms with Crippen molar-refractivity contribution in [2.75, 3.05) is 51.0 Å². The second-order valence-corrected chi connectivity index (χ2v) is 9.14. The number of piperidine rings is 1. The molecule has 0 atom stereocenters. The lowest BCUT2D eigenvalue weighted by molar-refractivity contribution is 0.280. The molecule has 10 heteroatoms. The molecule has 1 saturated heterocycles. The summed E-state index contributed by atoms with van der Waals surface area (Å²) < 4.78 is 36.2. The summed E-state index contributed by atoms with van der Waals surface area (Å²) in [6.45, 7) is 5.91. The Morgan fingerprint density at radius 3 is 2.55 bits per heavy atom. The van der Waals surface area contributed by atoms with E-state index in [1.807, 2.05) is 25.1 Å². The number of benzene rings is 1. The summed E-state index contributed by atoms with van der Waals surface area (Å²) in [4.78, 5) is 4.70. The van der Waals surface area contributed by atoms with E-state index in [9.17, 15) is 8.42 Å².